The summed E-state index contributed by atoms with van der Waals surface area (Å²) in [6, 6.07) is 19.2. The molecule has 3 aliphatic rings. The molecule has 1 unspecified atom stereocenters. The highest BCUT2D eigenvalue weighted by molar-refractivity contribution is 7.93. The van der Waals surface area contributed by atoms with Crippen LogP contribution in [0.3, 0.4) is 0 Å². The Morgan fingerprint density at radius 2 is 1.60 bits per heavy atom. The van der Waals surface area contributed by atoms with E-state index >= 15 is 4.79 Å². The molecule has 2 saturated heterocycles. The van der Waals surface area contributed by atoms with Gasteiger partial charge in [-0.25, -0.2) is 13.2 Å². The molecule has 3 heterocycles. The van der Waals surface area contributed by atoms with Gasteiger partial charge in [-0.2, -0.15) is 9.57 Å². The number of nitriles is 1. The molecule has 0 saturated carbocycles. The van der Waals surface area contributed by atoms with Crippen LogP contribution in [-0.2, 0) is 25.2 Å². The SMILES string of the molecule is CCCN1CCN(C2CCN(C(=O)OC3(c4ccccc4OCC)C(=O)N(S(=O)(=O)c4ccccc4OC)c4ccc(C#N)cc43)CC2)CC1. The van der Waals surface area contributed by atoms with Crippen LogP contribution in [0.1, 0.15) is 49.8 Å². The molecule has 13 heteroatoms. The van der Waals surface area contributed by atoms with Crippen molar-refractivity contribution in [2.45, 2.75) is 49.6 Å². The second-order valence-electron chi connectivity index (χ2n) is 12.6. The number of rotatable bonds is 10. The van der Waals surface area contributed by atoms with Crippen LogP contribution in [0, 0.1) is 11.3 Å². The van der Waals surface area contributed by atoms with Crippen LogP contribution in [-0.4, -0.2) is 101 Å². The first-order chi connectivity index (χ1) is 24.2. The van der Waals surface area contributed by atoms with Crippen molar-refractivity contribution in [2.24, 2.45) is 0 Å². The minimum absolute atomic E-state index is 0.0364. The lowest BCUT2D eigenvalue weighted by atomic mass is 9.85. The predicted molar refractivity (Wildman–Crippen MR) is 187 cm³/mol. The average molecular weight is 702 g/mol. The number of carbonyl (C=O) groups is 2. The Hall–Kier alpha value is -4.64. The molecule has 264 valence electrons. The number of likely N-dealkylation sites (tertiary alicyclic amines) is 1. The van der Waals surface area contributed by atoms with Gasteiger partial charge in [0.2, 0.25) is 5.60 Å². The minimum atomic E-state index is -4.63. The quantitative estimate of drug-likeness (QED) is 0.296. The van der Waals surface area contributed by atoms with Crippen molar-refractivity contribution in [3.8, 4) is 17.6 Å². The monoisotopic (exact) mass is 701 g/mol. The zero-order valence-electron chi connectivity index (χ0n) is 28.7. The summed E-state index contributed by atoms with van der Waals surface area (Å²) in [6.45, 7) is 10.1. The third kappa shape index (κ3) is 6.27. The number of ether oxygens (including phenoxy) is 3. The van der Waals surface area contributed by atoms with Crippen molar-refractivity contribution in [1.82, 2.24) is 14.7 Å². The Morgan fingerprint density at radius 3 is 2.26 bits per heavy atom. The number of methoxy groups -OCH3 is 1. The highest BCUT2D eigenvalue weighted by Gasteiger charge is 2.61. The molecule has 3 aromatic carbocycles. The summed E-state index contributed by atoms with van der Waals surface area (Å²) in [6.07, 6.45) is 1.85. The van der Waals surface area contributed by atoms with E-state index in [1.807, 2.05) is 0 Å². The van der Waals surface area contributed by atoms with Crippen LogP contribution in [0.4, 0.5) is 10.5 Å². The van der Waals surface area contributed by atoms with Crippen LogP contribution < -0.4 is 13.8 Å². The first-order valence-electron chi connectivity index (χ1n) is 17.1. The van der Waals surface area contributed by atoms with Crippen molar-refractivity contribution < 1.29 is 32.2 Å². The molecule has 50 heavy (non-hydrogen) atoms. The van der Waals surface area contributed by atoms with Crippen LogP contribution in [0.2, 0.25) is 0 Å². The van der Waals surface area contributed by atoms with E-state index in [1.54, 1.807) is 42.2 Å². The number of nitrogens with zero attached hydrogens (tertiary/aromatic N) is 5. The number of sulfonamides is 1. The van der Waals surface area contributed by atoms with Crippen molar-refractivity contribution in [1.29, 1.82) is 5.26 Å². The zero-order chi connectivity index (χ0) is 35.5. The fraction of sp³-hybridized carbons (Fsp3) is 0.432. The second kappa shape index (κ2) is 14.7. The van der Waals surface area contributed by atoms with E-state index in [1.165, 1.54) is 43.5 Å². The Morgan fingerprint density at radius 1 is 0.920 bits per heavy atom. The molecule has 2 amide bonds. The number of fused-ring (bicyclic) bond motifs is 1. The molecular formula is C37H43N5O7S. The van der Waals surface area contributed by atoms with E-state index in [9.17, 15) is 18.5 Å². The Labute approximate surface area is 293 Å². The summed E-state index contributed by atoms with van der Waals surface area (Å²) in [5.74, 6) is -0.759. The van der Waals surface area contributed by atoms with Crippen LogP contribution in [0.15, 0.2) is 71.6 Å². The lowest BCUT2D eigenvalue weighted by Gasteiger charge is -2.43. The summed E-state index contributed by atoms with van der Waals surface area (Å²) in [4.78, 5) is 35.7. The normalized spacial score (nSPS) is 20.3. The number of anilines is 1. The largest absolute Gasteiger partial charge is 0.495 e. The lowest BCUT2D eigenvalue weighted by Crippen LogP contribution is -2.54. The molecule has 2 fully saturated rings. The minimum Gasteiger partial charge on any atom is -0.495 e. The van der Waals surface area contributed by atoms with Gasteiger partial charge in [0.1, 0.15) is 16.4 Å². The van der Waals surface area contributed by atoms with Crippen molar-refractivity contribution in [3.05, 3.63) is 83.4 Å². The first-order valence-corrected chi connectivity index (χ1v) is 18.6. The third-order valence-corrected chi connectivity index (χ3v) is 11.5. The molecule has 3 aliphatic heterocycles. The maximum absolute atomic E-state index is 15.1. The average Bonchev–Trinajstić information content (AvgIpc) is 3.39. The van der Waals surface area contributed by atoms with Gasteiger partial charge < -0.3 is 24.0 Å². The van der Waals surface area contributed by atoms with Gasteiger partial charge in [-0.15, -0.1) is 0 Å². The van der Waals surface area contributed by atoms with Crippen LogP contribution in [0.25, 0.3) is 0 Å². The predicted octanol–water partition coefficient (Wildman–Crippen LogP) is 4.57. The molecule has 0 aliphatic carbocycles. The van der Waals surface area contributed by atoms with Crippen molar-refractivity contribution >= 4 is 27.7 Å². The van der Waals surface area contributed by atoms with Gasteiger partial charge in [0.05, 0.1) is 36.6 Å². The summed E-state index contributed by atoms with van der Waals surface area (Å²) in [5.41, 5.74) is -2.00. The number of carbonyl (C=O) groups excluding carboxylic acids is 2. The van der Waals surface area contributed by atoms with E-state index < -0.39 is 27.6 Å². The molecule has 0 spiro atoms. The summed E-state index contributed by atoms with van der Waals surface area (Å²) in [7, 11) is -3.29. The molecule has 0 radical (unpaired) electrons. The molecule has 1 atom stereocenters. The van der Waals surface area contributed by atoms with E-state index in [0.29, 0.717) is 23.4 Å². The highest BCUT2D eigenvalue weighted by atomic mass is 32.2. The highest BCUT2D eigenvalue weighted by Crippen LogP contribution is 2.52. The third-order valence-electron chi connectivity index (χ3n) is 9.79. The van der Waals surface area contributed by atoms with E-state index in [4.69, 9.17) is 14.2 Å². The Kier molecular flexibility index (Phi) is 10.3. The molecular weight excluding hydrogens is 659 g/mol. The van der Waals surface area contributed by atoms with Gasteiger partial charge in [0.25, 0.3) is 15.9 Å². The van der Waals surface area contributed by atoms with Crippen molar-refractivity contribution in [3.63, 3.8) is 0 Å². The molecule has 0 bridgehead atoms. The van der Waals surface area contributed by atoms with Gasteiger partial charge >= 0.3 is 6.09 Å². The fourth-order valence-corrected chi connectivity index (χ4v) is 8.95. The van der Waals surface area contributed by atoms with Gasteiger partial charge in [-0.1, -0.05) is 37.3 Å². The number of para-hydroxylation sites is 2. The number of amides is 2. The number of hydrogen-bond donors (Lipinski definition) is 0. The lowest BCUT2D eigenvalue weighted by molar-refractivity contribution is -0.132. The standard InChI is InChI=1S/C37H43N5O7S/c1-4-18-39-21-23-40(24-22-39)28-16-19-41(20-17-28)36(44)49-37(29-10-6-7-11-32(29)48-5-2)30-25-27(26-38)14-15-31(30)42(35(37)43)50(45,46)34-13-9-8-12-33(34)47-3/h6-15,25,28H,4-5,16-24H2,1-3H3. The smallest absolute Gasteiger partial charge is 0.411 e. The summed E-state index contributed by atoms with van der Waals surface area (Å²) in [5, 5.41) is 9.92. The van der Waals surface area contributed by atoms with E-state index in [0.717, 1.165) is 52.0 Å². The van der Waals surface area contributed by atoms with Gasteiger partial charge in [0.15, 0.2) is 0 Å². The zero-order valence-corrected chi connectivity index (χ0v) is 29.5. The number of hydrogen-bond acceptors (Lipinski definition) is 10. The number of piperidine rings is 1. The maximum Gasteiger partial charge on any atom is 0.411 e. The first kappa shape index (κ1) is 35.2. The molecule has 0 aromatic heterocycles. The van der Waals surface area contributed by atoms with Crippen LogP contribution >= 0.6 is 0 Å². The number of benzene rings is 3. The molecule has 3 aromatic rings. The summed E-state index contributed by atoms with van der Waals surface area (Å²) < 4.78 is 47.3. The number of piperazine rings is 1. The van der Waals surface area contributed by atoms with E-state index in [-0.39, 0.29) is 45.4 Å². The Bertz CT molecular complexity index is 1880. The fourth-order valence-electron chi connectivity index (χ4n) is 7.33. The summed E-state index contributed by atoms with van der Waals surface area (Å²) >= 11 is 0. The Balaban J connectivity index is 1.39. The maximum atomic E-state index is 15.1. The van der Waals surface area contributed by atoms with E-state index in [2.05, 4.69) is 22.8 Å². The van der Waals surface area contributed by atoms with Gasteiger partial charge in [0, 0.05) is 50.9 Å². The van der Waals surface area contributed by atoms with Gasteiger partial charge in [-0.05, 0) is 69.1 Å². The molecule has 0 N–H and O–H groups in total. The van der Waals surface area contributed by atoms with Crippen molar-refractivity contribution in [2.75, 3.05) is 63.8 Å². The van der Waals surface area contributed by atoms with Crippen LogP contribution in [0.5, 0.6) is 11.5 Å². The molecule has 12 nitrogen and oxygen atoms in total. The topological polar surface area (TPSA) is 133 Å². The second-order valence-corrected chi connectivity index (χ2v) is 14.4. The molecule has 6 rings (SSSR count). The van der Waals surface area contributed by atoms with Gasteiger partial charge in [-0.3, -0.25) is 9.69 Å².